The Hall–Kier alpha value is -1.39. The summed E-state index contributed by atoms with van der Waals surface area (Å²) >= 11 is 0. The number of aromatic amines is 1. The second-order valence-corrected chi connectivity index (χ2v) is 2.90. The number of nitrogens with zero attached hydrogens (tertiary/aromatic N) is 2. The average Bonchev–Trinajstić information content (AvgIpc) is 2.09. The summed E-state index contributed by atoms with van der Waals surface area (Å²) in [6.07, 6.45) is 0.413. The molecule has 0 radical (unpaired) electrons. The van der Waals surface area contributed by atoms with Crippen LogP contribution in [0.15, 0.2) is 4.79 Å². The average molecular weight is 185 g/mol. The van der Waals surface area contributed by atoms with E-state index in [4.69, 9.17) is 0 Å². The lowest BCUT2D eigenvalue weighted by Crippen LogP contribution is -2.22. The number of nitrogens with one attached hydrogen (secondary N) is 1. The second-order valence-electron chi connectivity index (χ2n) is 2.90. The first kappa shape index (κ1) is 9.70. The fourth-order valence-electron chi connectivity index (χ4n) is 0.938. The van der Waals surface area contributed by atoms with E-state index in [1.165, 1.54) is 0 Å². The molecule has 0 fully saturated rings. The van der Waals surface area contributed by atoms with Gasteiger partial charge in [-0.2, -0.15) is 4.39 Å². The van der Waals surface area contributed by atoms with Crippen LogP contribution in [0, 0.1) is 5.82 Å². The minimum absolute atomic E-state index is 0.201. The zero-order valence-corrected chi connectivity index (χ0v) is 7.89. The number of aryl methyl sites for hydroxylation is 1. The molecule has 5 heteroatoms. The van der Waals surface area contributed by atoms with Crippen molar-refractivity contribution in [1.29, 1.82) is 0 Å². The number of hydrogen-bond acceptors (Lipinski definition) is 3. The lowest BCUT2D eigenvalue weighted by molar-refractivity contribution is 0.580. The molecule has 1 rings (SSSR count). The number of rotatable bonds is 2. The van der Waals surface area contributed by atoms with E-state index in [-0.39, 0.29) is 5.69 Å². The molecule has 0 spiro atoms. The van der Waals surface area contributed by atoms with Crippen LogP contribution < -0.4 is 10.5 Å². The van der Waals surface area contributed by atoms with Gasteiger partial charge in [-0.25, -0.2) is 4.98 Å². The van der Waals surface area contributed by atoms with Crippen molar-refractivity contribution in [3.05, 3.63) is 21.9 Å². The second kappa shape index (κ2) is 3.55. The quantitative estimate of drug-likeness (QED) is 0.731. The maximum atomic E-state index is 13.0. The van der Waals surface area contributed by atoms with Crippen molar-refractivity contribution in [3.8, 4) is 0 Å². The molecule has 0 amide bonds. The van der Waals surface area contributed by atoms with E-state index in [1.807, 2.05) is 0 Å². The third-order valence-electron chi connectivity index (χ3n) is 1.68. The van der Waals surface area contributed by atoms with Gasteiger partial charge >= 0.3 is 0 Å². The van der Waals surface area contributed by atoms with E-state index in [9.17, 15) is 9.18 Å². The number of hydrogen-bond donors (Lipinski definition) is 1. The molecule has 4 nitrogen and oxygen atoms in total. The summed E-state index contributed by atoms with van der Waals surface area (Å²) in [6.45, 7) is 1.75. The third kappa shape index (κ3) is 1.85. The smallest absolute Gasteiger partial charge is 0.288 e. The SMILES string of the molecule is CCc1nc(N(C)C)[nH]c(=O)c1F. The zero-order valence-electron chi connectivity index (χ0n) is 7.89. The molecule has 0 saturated carbocycles. The predicted molar refractivity (Wildman–Crippen MR) is 48.5 cm³/mol. The van der Waals surface area contributed by atoms with Crippen LogP contribution in [0.4, 0.5) is 10.3 Å². The van der Waals surface area contributed by atoms with Gasteiger partial charge in [-0.1, -0.05) is 6.92 Å². The van der Waals surface area contributed by atoms with Gasteiger partial charge in [-0.3, -0.25) is 9.78 Å². The monoisotopic (exact) mass is 185 g/mol. The Morgan fingerprint density at radius 1 is 1.54 bits per heavy atom. The Labute approximate surface area is 75.4 Å². The van der Waals surface area contributed by atoms with Gasteiger partial charge in [-0.05, 0) is 6.42 Å². The Morgan fingerprint density at radius 3 is 2.62 bits per heavy atom. The van der Waals surface area contributed by atoms with Crippen molar-refractivity contribution < 1.29 is 4.39 Å². The van der Waals surface area contributed by atoms with Crippen LogP contribution in [0.2, 0.25) is 0 Å². The third-order valence-corrected chi connectivity index (χ3v) is 1.68. The van der Waals surface area contributed by atoms with Gasteiger partial charge in [0.2, 0.25) is 11.8 Å². The molecule has 0 aliphatic heterocycles. The van der Waals surface area contributed by atoms with Gasteiger partial charge < -0.3 is 4.90 Å². The summed E-state index contributed by atoms with van der Waals surface area (Å²) in [5.41, 5.74) is -0.511. The van der Waals surface area contributed by atoms with Crippen LogP contribution in [0.25, 0.3) is 0 Å². The van der Waals surface area contributed by atoms with Gasteiger partial charge in [0.15, 0.2) is 0 Å². The Balaban J connectivity index is 3.31. The van der Waals surface area contributed by atoms with Gasteiger partial charge in [0, 0.05) is 14.1 Å². The molecule has 0 aliphatic carbocycles. The lowest BCUT2D eigenvalue weighted by atomic mass is 10.3. The molecule has 1 N–H and O–H groups in total. The van der Waals surface area contributed by atoms with E-state index in [0.29, 0.717) is 12.4 Å². The summed E-state index contributed by atoms with van der Waals surface area (Å²) in [7, 11) is 3.46. The number of anilines is 1. The fraction of sp³-hybridized carbons (Fsp3) is 0.500. The minimum atomic E-state index is -0.784. The largest absolute Gasteiger partial charge is 0.348 e. The molecule has 1 heterocycles. The van der Waals surface area contributed by atoms with Crippen LogP contribution in [0.3, 0.4) is 0 Å². The highest BCUT2D eigenvalue weighted by atomic mass is 19.1. The van der Waals surface area contributed by atoms with Crippen LogP contribution >= 0.6 is 0 Å². The molecule has 0 atom stereocenters. The van der Waals surface area contributed by atoms with Gasteiger partial charge in [0.25, 0.3) is 5.56 Å². The van der Waals surface area contributed by atoms with Crippen molar-refractivity contribution in [3.63, 3.8) is 0 Å². The maximum absolute atomic E-state index is 13.0. The number of aromatic nitrogens is 2. The highest BCUT2D eigenvalue weighted by molar-refractivity contribution is 5.27. The highest BCUT2D eigenvalue weighted by Gasteiger charge is 2.09. The van der Waals surface area contributed by atoms with Crippen LogP contribution in [-0.2, 0) is 6.42 Å². The van der Waals surface area contributed by atoms with E-state index in [0.717, 1.165) is 0 Å². The molecule has 72 valence electrons. The van der Waals surface area contributed by atoms with Crippen molar-refractivity contribution in [2.75, 3.05) is 19.0 Å². The predicted octanol–water partition coefficient (Wildman–Crippen LogP) is 0.537. The molecule has 0 saturated heterocycles. The molecular formula is C8H12FN3O. The Bertz CT molecular complexity index is 359. The van der Waals surface area contributed by atoms with Crippen molar-refractivity contribution in [2.24, 2.45) is 0 Å². The van der Waals surface area contributed by atoms with Crippen LogP contribution in [0.1, 0.15) is 12.6 Å². The van der Waals surface area contributed by atoms with E-state index < -0.39 is 11.4 Å². The zero-order chi connectivity index (χ0) is 10.0. The molecule has 13 heavy (non-hydrogen) atoms. The summed E-state index contributed by atoms with van der Waals surface area (Å²) in [5, 5.41) is 0. The normalized spacial score (nSPS) is 10.2. The molecular weight excluding hydrogens is 173 g/mol. The summed E-state index contributed by atoms with van der Waals surface area (Å²) < 4.78 is 13.0. The van der Waals surface area contributed by atoms with Gasteiger partial charge in [0.05, 0.1) is 5.69 Å². The molecule has 0 unspecified atom stereocenters. The van der Waals surface area contributed by atoms with Crippen LogP contribution in [0.5, 0.6) is 0 Å². The maximum Gasteiger partial charge on any atom is 0.288 e. The van der Waals surface area contributed by atoms with E-state index in [2.05, 4.69) is 9.97 Å². The number of halogens is 1. The molecule has 0 aromatic carbocycles. The van der Waals surface area contributed by atoms with Crippen molar-refractivity contribution in [1.82, 2.24) is 9.97 Å². The minimum Gasteiger partial charge on any atom is -0.348 e. The summed E-state index contributed by atoms with van der Waals surface area (Å²) in [5.74, 6) is -0.406. The highest BCUT2D eigenvalue weighted by Crippen LogP contribution is 2.04. The molecule has 1 aromatic heterocycles. The number of H-pyrrole nitrogens is 1. The van der Waals surface area contributed by atoms with Crippen molar-refractivity contribution >= 4 is 5.95 Å². The first-order valence-electron chi connectivity index (χ1n) is 4.02. The van der Waals surface area contributed by atoms with E-state index >= 15 is 0 Å². The fourth-order valence-corrected chi connectivity index (χ4v) is 0.938. The van der Waals surface area contributed by atoms with E-state index in [1.54, 1.807) is 25.9 Å². The Kier molecular flexibility index (Phi) is 2.65. The van der Waals surface area contributed by atoms with Crippen molar-refractivity contribution in [2.45, 2.75) is 13.3 Å². The van der Waals surface area contributed by atoms with Gasteiger partial charge in [0.1, 0.15) is 0 Å². The first-order valence-corrected chi connectivity index (χ1v) is 4.02. The molecule has 1 aromatic rings. The van der Waals surface area contributed by atoms with Gasteiger partial charge in [-0.15, -0.1) is 0 Å². The standard InChI is InChI=1S/C8H12FN3O/c1-4-5-6(9)7(13)11-8(10-5)12(2)3/h4H2,1-3H3,(H,10,11,13). The Morgan fingerprint density at radius 2 is 2.15 bits per heavy atom. The lowest BCUT2D eigenvalue weighted by Gasteiger charge is -2.11. The topological polar surface area (TPSA) is 49.0 Å². The summed E-state index contributed by atoms with van der Waals surface area (Å²) in [6, 6.07) is 0. The summed E-state index contributed by atoms with van der Waals surface area (Å²) in [4.78, 5) is 18.9. The molecule has 0 bridgehead atoms. The first-order chi connectivity index (χ1) is 6.06. The van der Waals surface area contributed by atoms with Crippen LogP contribution in [-0.4, -0.2) is 24.1 Å². The molecule has 0 aliphatic rings.